The summed E-state index contributed by atoms with van der Waals surface area (Å²) in [5.74, 6) is 0.339. The maximum atomic E-state index is 10.7. The number of carbonyl (C=O) groups excluding carboxylic acids is 1. The summed E-state index contributed by atoms with van der Waals surface area (Å²) in [6, 6.07) is 0. The molecule has 0 bridgehead atoms. The van der Waals surface area contributed by atoms with Crippen LogP contribution in [0.1, 0.15) is 13.3 Å². The Morgan fingerprint density at radius 3 is 2.67 bits per heavy atom. The third-order valence-corrected chi connectivity index (χ3v) is 1.70. The van der Waals surface area contributed by atoms with Crippen molar-refractivity contribution in [3.05, 3.63) is 0 Å². The monoisotopic (exact) mass is 165 g/mol. The molecule has 1 N–H and O–H groups in total. The summed E-state index contributed by atoms with van der Waals surface area (Å²) in [6.07, 6.45) is 0.753. The number of nitrogens with one attached hydrogen (secondary N) is 1. The highest BCUT2D eigenvalue weighted by Crippen LogP contribution is 1.98. The van der Waals surface area contributed by atoms with E-state index in [2.05, 4.69) is 30.6 Å². The third kappa shape index (κ3) is 3.70. The van der Waals surface area contributed by atoms with Crippen LogP contribution in [0, 0.1) is 0 Å². The minimum atomic E-state index is -0.183. The van der Waals surface area contributed by atoms with Crippen molar-refractivity contribution < 1.29 is 4.79 Å². The second-order valence-corrected chi connectivity index (χ2v) is 2.56. The molecule has 1 unspecified atom stereocenters. The van der Waals surface area contributed by atoms with Gasteiger partial charge in [-0.1, -0.05) is 6.92 Å². The van der Waals surface area contributed by atoms with Crippen molar-refractivity contribution >= 4 is 31.2 Å². The standard InChI is InChI=1S/C5H11NOS2/c1-2-4(9)5(7)6-3-8/h4,8-9H,2-3H2,1H3,(H,6,7). The van der Waals surface area contributed by atoms with Crippen LogP contribution in [0.5, 0.6) is 0 Å². The fourth-order valence-electron chi connectivity index (χ4n) is 0.381. The van der Waals surface area contributed by atoms with E-state index in [1.807, 2.05) is 6.92 Å². The van der Waals surface area contributed by atoms with E-state index in [1.165, 1.54) is 0 Å². The molecule has 0 spiro atoms. The van der Waals surface area contributed by atoms with E-state index >= 15 is 0 Å². The Hall–Kier alpha value is 0.170. The van der Waals surface area contributed by atoms with E-state index in [0.29, 0.717) is 5.88 Å². The predicted octanol–water partition coefficient (Wildman–Crippen LogP) is 0.698. The van der Waals surface area contributed by atoms with Gasteiger partial charge in [-0.2, -0.15) is 25.3 Å². The fourth-order valence-corrected chi connectivity index (χ4v) is 0.628. The van der Waals surface area contributed by atoms with E-state index in [-0.39, 0.29) is 11.2 Å². The normalized spacial score (nSPS) is 12.8. The van der Waals surface area contributed by atoms with Gasteiger partial charge in [-0.15, -0.1) is 0 Å². The number of carbonyl (C=O) groups is 1. The average molecular weight is 165 g/mol. The molecule has 1 atom stereocenters. The zero-order valence-electron chi connectivity index (χ0n) is 5.29. The Morgan fingerprint density at radius 2 is 2.33 bits per heavy atom. The van der Waals surface area contributed by atoms with Gasteiger partial charge in [0.1, 0.15) is 0 Å². The van der Waals surface area contributed by atoms with Crippen molar-refractivity contribution in [1.82, 2.24) is 5.32 Å². The Labute approximate surface area is 66.2 Å². The molecule has 0 aliphatic heterocycles. The van der Waals surface area contributed by atoms with E-state index in [4.69, 9.17) is 0 Å². The fraction of sp³-hybridized carbons (Fsp3) is 0.800. The summed E-state index contributed by atoms with van der Waals surface area (Å²) >= 11 is 7.84. The van der Waals surface area contributed by atoms with Gasteiger partial charge in [0.15, 0.2) is 0 Å². The van der Waals surface area contributed by atoms with Gasteiger partial charge in [-0.25, -0.2) is 0 Å². The second kappa shape index (κ2) is 4.99. The summed E-state index contributed by atoms with van der Waals surface area (Å²) in [5, 5.41) is 2.36. The quantitative estimate of drug-likeness (QED) is 0.417. The van der Waals surface area contributed by atoms with Gasteiger partial charge >= 0.3 is 0 Å². The first-order valence-corrected chi connectivity index (χ1v) is 3.93. The van der Waals surface area contributed by atoms with Crippen LogP contribution < -0.4 is 5.32 Å². The van der Waals surface area contributed by atoms with Crippen LogP contribution in [0.4, 0.5) is 0 Å². The van der Waals surface area contributed by atoms with Crippen molar-refractivity contribution in [3.63, 3.8) is 0 Å². The molecule has 0 fully saturated rings. The molecule has 0 aromatic rings. The molecule has 0 aliphatic rings. The van der Waals surface area contributed by atoms with Gasteiger partial charge in [0.05, 0.1) is 11.1 Å². The maximum Gasteiger partial charge on any atom is 0.233 e. The Morgan fingerprint density at radius 1 is 1.78 bits per heavy atom. The molecular formula is C5H11NOS2. The van der Waals surface area contributed by atoms with E-state index in [1.54, 1.807) is 0 Å². The highest BCUT2D eigenvalue weighted by atomic mass is 32.1. The van der Waals surface area contributed by atoms with Gasteiger partial charge in [-0.05, 0) is 6.42 Å². The Kier molecular flexibility index (Phi) is 5.09. The van der Waals surface area contributed by atoms with Crippen LogP contribution in [0.25, 0.3) is 0 Å². The second-order valence-electron chi connectivity index (χ2n) is 1.62. The van der Waals surface area contributed by atoms with E-state index in [9.17, 15) is 4.79 Å². The highest BCUT2D eigenvalue weighted by molar-refractivity contribution is 7.81. The zero-order valence-corrected chi connectivity index (χ0v) is 7.08. The van der Waals surface area contributed by atoms with Gasteiger partial charge < -0.3 is 5.32 Å². The van der Waals surface area contributed by atoms with Gasteiger partial charge in [0, 0.05) is 0 Å². The minimum absolute atomic E-state index is 0.0455. The summed E-state index contributed by atoms with van der Waals surface area (Å²) in [7, 11) is 0. The summed E-state index contributed by atoms with van der Waals surface area (Å²) in [4.78, 5) is 10.7. The third-order valence-electron chi connectivity index (χ3n) is 0.943. The number of thiol groups is 2. The molecule has 0 saturated carbocycles. The van der Waals surface area contributed by atoms with Crippen molar-refractivity contribution in [3.8, 4) is 0 Å². The molecule has 4 heteroatoms. The summed E-state index contributed by atoms with van der Waals surface area (Å²) in [6.45, 7) is 1.91. The average Bonchev–Trinajstić information content (AvgIpc) is 1.87. The van der Waals surface area contributed by atoms with Crippen LogP contribution in [0.3, 0.4) is 0 Å². The Bertz CT molecular complexity index is 97.0. The molecule has 2 nitrogen and oxygen atoms in total. The largest absolute Gasteiger partial charge is 0.346 e. The molecule has 0 aliphatic carbocycles. The van der Waals surface area contributed by atoms with E-state index < -0.39 is 0 Å². The zero-order chi connectivity index (χ0) is 7.28. The van der Waals surface area contributed by atoms with Crippen LogP contribution in [0.15, 0.2) is 0 Å². The van der Waals surface area contributed by atoms with Crippen molar-refractivity contribution in [2.75, 3.05) is 5.88 Å². The Balaban J connectivity index is 3.46. The molecule has 54 valence electrons. The first-order valence-electron chi connectivity index (χ1n) is 2.79. The predicted molar refractivity (Wildman–Crippen MR) is 45.1 cm³/mol. The first-order chi connectivity index (χ1) is 4.22. The number of amides is 1. The van der Waals surface area contributed by atoms with Crippen LogP contribution in [-0.4, -0.2) is 17.0 Å². The van der Waals surface area contributed by atoms with Crippen LogP contribution in [0.2, 0.25) is 0 Å². The molecule has 0 rings (SSSR count). The lowest BCUT2D eigenvalue weighted by molar-refractivity contribution is -0.120. The lowest BCUT2D eigenvalue weighted by Crippen LogP contribution is -2.29. The number of hydrogen-bond donors (Lipinski definition) is 3. The first kappa shape index (κ1) is 9.17. The van der Waals surface area contributed by atoms with Crippen molar-refractivity contribution in [1.29, 1.82) is 0 Å². The van der Waals surface area contributed by atoms with Crippen LogP contribution in [-0.2, 0) is 4.79 Å². The topological polar surface area (TPSA) is 29.1 Å². The molecule has 0 aromatic heterocycles. The molecule has 0 heterocycles. The van der Waals surface area contributed by atoms with Gasteiger partial charge in [0.25, 0.3) is 0 Å². The summed E-state index contributed by atoms with van der Waals surface area (Å²) < 4.78 is 0. The minimum Gasteiger partial charge on any atom is -0.346 e. The van der Waals surface area contributed by atoms with Crippen molar-refractivity contribution in [2.24, 2.45) is 0 Å². The maximum absolute atomic E-state index is 10.7. The number of hydrogen-bond acceptors (Lipinski definition) is 3. The van der Waals surface area contributed by atoms with E-state index in [0.717, 1.165) is 6.42 Å². The van der Waals surface area contributed by atoms with Gasteiger partial charge in [0.2, 0.25) is 5.91 Å². The van der Waals surface area contributed by atoms with Gasteiger partial charge in [-0.3, -0.25) is 4.79 Å². The van der Waals surface area contributed by atoms with Crippen molar-refractivity contribution in [2.45, 2.75) is 18.6 Å². The molecule has 9 heavy (non-hydrogen) atoms. The molecule has 0 aromatic carbocycles. The molecule has 1 amide bonds. The molecule has 0 radical (unpaired) electrons. The van der Waals surface area contributed by atoms with Crippen LogP contribution >= 0.6 is 25.3 Å². The lowest BCUT2D eigenvalue weighted by atomic mass is 10.3. The molecular weight excluding hydrogens is 154 g/mol. The smallest absolute Gasteiger partial charge is 0.233 e. The molecule has 0 saturated heterocycles. The SMILES string of the molecule is CCC(S)C(=O)NCS. The number of rotatable bonds is 3. The highest BCUT2D eigenvalue weighted by Gasteiger charge is 2.08. The lowest BCUT2D eigenvalue weighted by Gasteiger charge is -2.05. The summed E-state index contributed by atoms with van der Waals surface area (Å²) in [5.41, 5.74) is 0.